The number of nitrogen functional groups attached to an aromatic ring is 1. The third kappa shape index (κ3) is 2.71. The van der Waals surface area contributed by atoms with Gasteiger partial charge in [0.1, 0.15) is 0 Å². The van der Waals surface area contributed by atoms with E-state index in [1.165, 1.54) is 6.07 Å². The highest BCUT2D eigenvalue weighted by atomic mass is 16.6. The molecular weight excluding hydrogens is 264 g/mol. The standard InChI is InChI=1S/C11H12N6O3/c1-2-6-3-4-7(5-8(6)17(19)20)13-10(18)9-14-11(12)16-15-9/h3-5H,2H2,1H3,(H,13,18)(H3,12,14,15,16). The van der Waals surface area contributed by atoms with E-state index in [4.69, 9.17) is 5.73 Å². The smallest absolute Gasteiger partial charge is 0.293 e. The van der Waals surface area contributed by atoms with Gasteiger partial charge in [-0.3, -0.25) is 20.0 Å². The Balaban J connectivity index is 2.23. The van der Waals surface area contributed by atoms with E-state index in [0.29, 0.717) is 17.7 Å². The van der Waals surface area contributed by atoms with Crippen LogP contribution in [0.15, 0.2) is 18.2 Å². The molecule has 0 radical (unpaired) electrons. The molecule has 0 aliphatic carbocycles. The number of aromatic nitrogens is 3. The molecule has 0 aliphatic rings. The minimum Gasteiger partial charge on any atom is -0.366 e. The van der Waals surface area contributed by atoms with Crippen LogP contribution in [0.5, 0.6) is 0 Å². The van der Waals surface area contributed by atoms with Crippen molar-refractivity contribution in [2.45, 2.75) is 13.3 Å². The number of amides is 1. The minimum atomic E-state index is -0.576. The Morgan fingerprint density at radius 3 is 2.85 bits per heavy atom. The maximum absolute atomic E-state index is 11.8. The fraction of sp³-hybridized carbons (Fsp3) is 0.182. The molecule has 0 bridgehead atoms. The number of aromatic amines is 1. The molecule has 4 N–H and O–H groups in total. The number of nitrogens with two attached hydrogens (primary N) is 1. The second-order valence-electron chi connectivity index (χ2n) is 3.95. The van der Waals surface area contributed by atoms with E-state index in [0.717, 1.165) is 0 Å². The molecule has 20 heavy (non-hydrogen) atoms. The highest BCUT2D eigenvalue weighted by Crippen LogP contribution is 2.23. The quantitative estimate of drug-likeness (QED) is 0.564. The number of nitro benzene ring substituents is 1. The topological polar surface area (TPSA) is 140 Å². The summed E-state index contributed by atoms with van der Waals surface area (Å²) >= 11 is 0. The highest BCUT2D eigenvalue weighted by Gasteiger charge is 2.16. The van der Waals surface area contributed by atoms with Crippen molar-refractivity contribution >= 4 is 23.2 Å². The lowest BCUT2D eigenvalue weighted by atomic mass is 10.1. The molecule has 1 heterocycles. The first-order chi connectivity index (χ1) is 9.51. The van der Waals surface area contributed by atoms with E-state index in [1.807, 2.05) is 6.92 Å². The Morgan fingerprint density at radius 2 is 2.30 bits per heavy atom. The highest BCUT2D eigenvalue weighted by molar-refractivity contribution is 6.01. The number of carbonyl (C=O) groups is 1. The van der Waals surface area contributed by atoms with Gasteiger partial charge in [0.05, 0.1) is 4.92 Å². The third-order valence-electron chi connectivity index (χ3n) is 2.64. The summed E-state index contributed by atoms with van der Waals surface area (Å²) in [4.78, 5) is 25.9. The zero-order chi connectivity index (χ0) is 14.7. The Hall–Kier alpha value is -2.97. The molecule has 0 spiro atoms. The van der Waals surface area contributed by atoms with Crippen LogP contribution in [0.2, 0.25) is 0 Å². The number of nitrogens with zero attached hydrogens (tertiary/aromatic N) is 3. The van der Waals surface area contributed by atoms with Crippen molar-refractivity contribution in [2.75, 3.05) is 11.1 Å². The van der Waals surface area contributed by atoms with Gasteiger partial charge in [-0.2, -0.15) is 4.98 Å². The fourth-order valence-corrected chi connectivity index (χ4v) is 1.68. The summed E-state index contributed by atoms with van der Waals surface area (Å²) in [5, 5.41) is 19.3. The summed E-state index contributed by atoms with van der Waals surface area (Å²) in [6, 6.07) is 4.49. The minimum absolute atomic E-state index is 0.0395. The third-order valence-corrected chi connectivity index (χ3v) is 2.64. The second-order valence-corrected chi connectivity index (χ2v) is 3.95. The number of hydrogen-bond acceptors (Lipinski definition) is 6. The molecule has 0 unspecified atom stereocenters. The van der Waals surface area contributed by atoms with Gasteiger partial charge in [-0.1, -0.05) is 13.0 Å². The van der Waals surface area contributed by atoms with Crippen LogP contribution in [0.4, 0.5) is 17.3 Å². The van der Waals surface area contributed by atoms with Crippen LogP contribution in [0.1, 0.15) is 23.1 Å². The maximum atomic E-state index is 11.8. The number of hydrogen-bond donors (Lipinski definition) is 3. The molecule has 0 saturated heterocycles. The molecule has 1 amide bonds. The zero-order valence-electron chi connectivity index (χ0n) is 10.6. The number of H-pyrrole nitrogens is 1. The fourth-order valence-electron chi connectivity index (χ4n) is 1.68. The van der Waals surface area contributed by atoms with Gasteiger partial charge in [-0.25, -0.2) is 0 Å². The SMILES string of the molecule is CCc1ccc(NC(=O)c2nc(N)n[nH]2)cc1[N+](=O)[O-]. The second kappa shape index (κ2) is 5.34. The van der Waals surface area contributed by atoms with Crippen molar-refractivity contribution in [3.63, 3.8) is 0 Å². The molecule has 0 saturated carbocycles. The molecule has 0 atom stereocenters. The van der Waals surface area contributed by atoms with Gasteiger partial charge < -0.3 is 11.1 Å². The molecule has 0 fully saturated rings. The summed E-state index contributed by atoms with van der Waals surface area (Å²) in [5.74, 6) is -0.695. The average molecular weight is 276 g/mol. The van der Waals surface area contributed by atoms with Gasteiger partial charge in [0, 0.05) is 17.3 Å². The monoisotopic (exact) mass is 276 g/mol. The normalized spacial score (nSPS) is 10.2. The van der Waals surface area contributed by atoms with Gasteiger partial charge >= 0.3 is 0 Å². The first kappa shape index (κ1) is 13.5. The van der Waals surface area contributed by atoms with E-state index < -0.39 is 10.8 Å². The molecule has 104 valence electrons. The van der Waals surface area contributed by atoms with Gasteiger partial charge in [-0.05, 0) is 12.5 Å². The molecule has 2 rings (SSSR count). The Morgan fingerprint density at radius 1 is 1.55 bits per heavy atom. The Labute approximate surface area is 113 Å². The number of aryl methyl sites for hydroxylation is 1. The van der Waals surface area contributed by atoms with Crippen LogP contribution >= 0.6 is 0 Å². The first-order valence-corrected chi connectivity index (χ1v) is 5.77. The number of nitrogens with one attached hydrogen (secondary N) is 2. The number of carbonyl (C=O) groups excluding carboxylic acids is 1. The largest absolute Gasteiger partial charge is 0.366 e. The van der Waals surface area contributed by atoms with Crippen LogP contribution in [0, 0.1) is 10.1 Å². The van der Waals surface area contributed by atoms with Gasteiger partial charge in [0.15, 0.2) is 0 Å². The van der Waals surface area contributed by atoms with E-state index in [-0.39, 0.29) is 17.5 Å². The van der Waals surface area contributed by atoms with E-state index in [2.05, 4.69) is 20.5 Å². The lowest BCUT2D eigenvalue weighted by molar-refractivity contribution is -0.385. The summed E-state index contributed by atoms with van der Waals surface area (Å²) in [6.07, 6.45) is 0.531. The van der Waals surface area contributed by atoms with E-state index >= 15 is 0 Å². The lowest BCUT2D eigenvalue weighted by Gasteiger charge is -2.05. The van der Waals surface area contributed by atoms with Gasteiger partial charge in [-0.15, -0.1) is 5.10 Å². The van der Waals surface area contributed by atoms with Crippen LogP contribution in [0.3, 0.4) is 0 Å². The number of anilines is 2. The Bertz CT molecular complexity index is 666. The van der Waals surface area contributed by atoms with Crippen LogP contribution in [0.25, 0.3) is 0 Å². The summed E-state index contributed by atoms with van der Waals surface area (Å²) in [7, 11) is 0. The summed E-state index contributed by atoms with van der Waals surface area (Å²) < 4.78 is 0. The van der Waals surface area contributed by atoms with Crippen molar-refractivity contribution in [1.82, 2.24) is 15.2 Å². The van der Waals surface area contributed by atoms with Crippen molar-refractivity contribution < 1.29 is 9.72 Å². The van der Waals surface area contributed by atoms with Crippen LogP contribution in [-0.4, -0.2) is 26.0 Å². The number of benzene rings is 1. The molecule has 1 aromatic heterocycles. The van der Waals surface area contributed by atoms with Crippen molar-refractivity contribution in [2.24, 2.45) is 0 Å². The van der Waals surface area contributed by atoms with Crippen molar-refractivity contribution in [3.05, 3.63) is 39.7 Å². The van der Waals surface area contributed by atoms with E-state index in [9.17, 15) is 14.9 Å². The first-order valence-electron chi connectivity index (χ1n) is 5.77. The molecule has 9 heteroatoms. The van der Waals surface area contributed by atoms with Crippen molar-refractivity contribution in [3.8, 4) is 0 Å². The predicted octanol–water partition coefficient (Wildman–Crippen LogP) is 1.11. The van der Waals surface area contributed by atoms with Gasteiger partial charge in [0.2, 0.25) is 11.8 Å². The van der Waals surface area contributed by atoms with Crippen LogP contribution < -0.4 is 11.1 Å². The molecular formula is C11H12N6O3. The molecule has 0 aliphatic heterocycles. The summed E-state index contributed by atoms with van der Waals surface area (Å²) in [6.45, 7) is 1.82. The van der Waals surface area contributed by atoms with Gasteiger partial charge in [0.25, 0.3) is 11.6 Å². The molecule has 2 aromatic rings. The average Bonchev–Trinajstić information content (AvgIpc) is 2.85. The summed E-state index contributed by atoms with van der Waals surface area (Å²) in [5.41, 5.74) is 6.14. The van der Waals surface area contributed by atoms with Crippen molar-refractivity contribution in [1.29, 1.82) is 0 Å². The maximum Gasteiger partial charge on any atom is 0.293 e. The predicted molar refractivity (Wildman–Crippen MR) is 71.2 cm³/mol. The van der Waals surface area contributed by atoms with E-state index in [1.54, 1.807) is 12.1 Å². The van der Waals surface area contributed by atoms with Crippen LogP contribution in [-0.2, 0) is 6.42 Å². The molecule has 1 aromatic carbocycles. The number of rotatable bonds is 4. The lowest BCUT2D eigenvalue weighted by Crippen LogP contribution is -2.14. The Kier molecular flexibility index (Phi) is 3.60. The number of nitro groups is 1. The zero-order valence-corrected chi connectivity index (χ0v) is 10.6. The molecule has 9 nitrogen and oxygen atoms in total.